The minimum absolute atomic E-state index is 0.284. The van der Waals surface area contributed by atoms with Gasteiger partial charge in [-0.15, -0.1) is 0 Å². The molecule has 0 heterocycles. The molecule has 1 atom stereocenters. The molecule has 0 aliphatic carbocycles. The normalized spacial score (nSPS) is 11.6. The average Bonchev–Trinajstić information content (AvgIpc) is 2.49. The summed E-state index contributed by atoms with van der Waals surface area (Å²) in [4.78, 5) is 11.8. The van der Waals surface area contributed by atoms with Gasteiger partial charge in [0, 0.05) is 16.6 Å². The van der Waals surface area contributed by atoms with Crippen molar-refractivity contribution in [2.45, 2.75) is 19.6 Å². The van der Waals surface area contributed by atoms with Gasteiger partial charge < -0.3 is 15.4 Å². The van der Waals surface area contributed by atoms with E-state index >= 15 is 0 Å². The summed E-state index contributed by atoms with van der Waals surface area (Å²) >= 11 is 11.7. The number of carbonyl (C=O) groups excluding carboxylic acids is 1. The van der Waals surface area contributed by atoms with E-state index in [-0.39, 0.29) is 6.03 Å². The van der Waals surface area contributed by atoms with Crippen molar-refractivity contribution in [1.82, 2.24) is 10.6 Å². The molecule has 1 unspecified atom stereocenters. The summed E-state index contributed by atoms with van der Waals surface area (Å²) in [6.45, 7) is 2.27. The highest BCUT2D eigenvalue weighted by molar-refractivity contribution is 6.30. The molecule has 6 heteroatoms. The van der Waals surface area contributed by atoms with Gasteiger partial charge in [0.2, 0.25) is 0 Å². The zero-order valence-corrected chi connectivity index (χ0v) is 14.2. The van der Waals surface area contributed by atoms with Gasteiger partial charge in [0.15, 0.2) is 6.23 Å². The number of carbonyl (C=O) groups is 1. The first-order valence-corrected chi connectivity index (χ1v) is 7.99. The fourth-order valence-electron chi connectivity index (χ4n) is 2.00. The van der Waals surface area contributed by atoms with Crippen molar-refractivity contribution in [3.8, 4) is 5.75 Å². The summed E-state index contributed by atoms with van der Waals surface area (Å²) < 4.78 is 5.57. The van der Waals surface area contributed by atoms with E-state index in [9.17, 15) is 4.79 Å². The molecule has 0 saturated heterocycles. The van der Waals surface area contributed by atoms with Crippen molar-refractivity contribution in [3.63, 3.8) is 0 Å². The number of nitrogens with one attached hydrogen (secondary N) is 2. The maximum Gasteiger partial charge on any atom is 0.317 e. The summed E-state index contributed by atoms with van der Waals surface area (Å²) in [5, 5.41) is 6.82. The monoisotopic (exact) mass is 352 g/mol. The van der Waals surface area contributed by atoms with E-state index in [2.05, 4.69) is 10.6 Å². The van der Waals surface area contributed by atoms with Crippen molar-refractivity contribution in [3.05, 3.63) is 64.1 Å². The van der Waals surface area contributed by atoms with Crippen LogP contribution < -0.4 is 15.4 Å². The SMILES string of the molecule is CC(NC(=O)NCCc1cccc(Cl)c1)Oc1ccc(Cl)cc1. The van der Waals surface area contributed by atoms with E-state index in [0.29, 0.717) is 28.8 Å². The van der Waals surface area contributed by atoms with Gasteiger partial charge in [-0.25, -0.2) is 4.79 Å². The van der Waals surface area contributed by atoms with Crippen molar-refractivity contribution in [2.75, 3.05) is 6.54 Å². The summed E-state index contributed by atoms with van der Waals surface area (Å²) in [7, 11) is 0. The van der Waals surface area contributed by atoms with E-state index in [4.69, 9.17) is 27.9 Å². The Bertz CT molecular complexity index is 647. The molecule has 2 aromatic rings. The molecule has 2 N–H and O–H groups in total. The van der Waals surface area contributed by atoms with Crippen LogP contribution in [0.25, 0.3) is 0 Å². The molecular weight excluding hydrogens is 335 g/mol. The molecule has 2 rings (SSSR count). The maximum absolute atomic E-state index is 11.8. The van der Waals surface area contributed by atoms with Crippen LogP contribution in [0.2, 0.25) is 10.0 Å². The first-order valence-electron chi connectivity index (χ1n) is 7.24. The number of urea groups is 1. The number of benzene rings is 2. The fraction of sp³-hybridized carbons (Fsp3) is 0.235. The Balaban J connectivity index is 1.70. The Kier molecular flexibility index (Phi) is 6.56. The quantitative estimate of drug-likeness (QED) is 0.763. The Labute approximate surface area is 145 Å². The number of hydrogen-bond acceptors (Lipinski definition) is 2. The maximum atomic E-state index is 11.8. The summed E-state index contributed by atoms with van der Waals surface area (Å²) in [5.41, 5.74) is 1.07. The van der Waals surface area contributed by atoms with Crippen LogP contribution in [0.1, 0.15) is 12.5 Å². The predicted molar refractivity (Wildman–Crippen MR) is 93.2 cm³/mol. The molecule has 0 spiro atoms. The Morgan fingerprint density at radius 1 is 1.13 bits per heavy atom. The number of hydrogen-bond donors (Lipinski definition) is 2. The molecule has 4 nitrogen and oxygen atoms in total. The van der Waals surface area contributed by atoms with Gasteiger partial charge >= 0.3 is 6.03 Å². The molecule has 0 aromatic heterocycles. The largest absolute Gasteiger partial charge is 0.471 e. The molecule has 0 aliphatic heterocycles. The van der Waals surface area contributed by atoms with Crippen LogP contribution in [-0.4, -0.2) is 18.8 Å². The molecule has 0 fully saturated rings. The molecule has 122 valence electrons. The number of halogens is 2. The Morgan fingerprint density at radius 3 is 2.57 bits per heavy atom. The molecular formula is C17H18Cl2N2O2. The smallest absolute Gasteiger partial charge is 0.317 e. The molecule has 0 bridgehead atoms. The van der Waals surface area contributed by atoms with Crippen molar-refractivity contribution < 1.29 is 9.53 Å². The number of rotatable bonds is 6. The minimum atomic E-state index is -0.456. The minimum Gasteiger partial charge on any atom is -0.471 e. The predicted octanol–water partition coefficient (Wildman–Crippen LogP) is 4.26. The molecule has 0 saturated carbocycles. The first-order chi connectivity index (χ1) is 11.0. The van der Waals surface area contributed by atoms with Gasteiger partial charge in [-0.1, -0.05) is 35.3 Å². The van der Waals surface area contributed by atoms with Crippen molar-refractivity contribution in [2.24, 2.45) is 0 Å². The topological polar surface area (TPSA) is 50.4 Å². The number of ether oxygens (including phenoxy) is 1. The van der Waals surface area contributed by atoms with Crippen LogP contribution in [0.5, 0.6) is 5.75 Å². The van der Waals surface area contributed by atoms with Crippen molar-refractivity contribution >= 4 is 29.2 Å². The van der Waals surface area contributed by atoms with Crippen LogP contribution in [-0.2, 0) is 6.42 Å². The average molecular weight is 353 g/mol. The second-order valence-corrected chi connectivity index (χ2v) is 5.87. The summed E-state index contributed by atoms with van der Waals surface area (Å²) in [6.07, 6.45) is 0.253. The zero-order chi connectivity index (χ0) is 16.7. The second kappa shape index (κ2) is 8.65. The highest BCUT2D eigenvalue weighted by Crippen LogP contribution is 2.16. The zero-order valence-electron chi connectivity index (χ0n) is 12.7. The van der Waals surface area contributed by atoms with E-state index in [1.54, 1.807) is 31.2 Å². The third-order valence-corrected chi connectivity index (χ3v) is 3.54. The lowest BCUT2D eigenvalue weighted by atomic mass is 10.1. The molecule has 2 aromatic carbocycles. The molecule has 0 aliphatic rings. The van der Waals surface area contributed by atoms with Crippen LogP contribution >= 0.6 is 23.2 Å². The lowest BCUT2D eigenvalue weighted by Gasteiger charge is -2.16. The highest BCUT2D eigenvalue weighted by Gasteiger charge is 2.08. The third kappa shape index (κ3) is 6.38. The molecule has 2 amide bonds. The van der Waals surface area contributed by atoms with E-state index < -0.39 is 6.23 Å². The van der Waals surface area contributed by atoms with Crippen LogP contribution in [0.4, 0.5) is 4.79 Å². The highest BCUT2D eigenvalue weighted by atomic mass is 35.5. The van der Waals surface area contributed by atoms with E-state index in [1.165, 1.54) is 0 Å². The van der Waals surface area contributed by atoms with E-state index in [0.717, 1.165) is 5.56 Å². The van der Waals surface area contributed by atoms with Gasteiger partial charge in [0.1, 0.15) is 5.75 Å². The standard InChI is InChI=1S/C17H18Cl2N2O2/c1-12(23-16-7-5-14(18)6-8-16)21-17(22)20-10-9-13-3-2-4-15(19)11-13/h2-8,11-12H,9-10H2,1H3,(H2,20,21,22). The summed E-state index contributed by atoms with van der Waals surface area (Å²) in [5.74, 6) is 0.640. The lowest BCUT2D eigenvalue weighted by molar-refractivity contribution is 0.177. The fourth-order valence-corrected chi connectivity index (χ4v) is 2.33. The Hall–Kier alpha value is -1.91. The molecule has 23 heavy (non-hydrogen) atoms. The second-order valence-electron chi connectivity index (χ2n) is 4.99. The van der Waals surface area contributed by atoms with Gasteiger partial charge in [-0.3, -0.25) is 0 Å². The van der Waals surface area contributed by atoms with Crippen LogP contribution in [0, 0.1) is 0 Å². The van der Waals surface area contributed by atoms with E-state index in [1.807, 2.05) is 24.3 Å². The van der Waals surface area contributed by atoms with Gasteiger partial charge in [0.05, 0.1) is 0 Å². The summed E-state index contributed by atoms with van der Waals surface area (Å²) in [6, 6.07) is 14.2. The number of amides is 2. The van der Waals surface area contributed by atoms with Crippen molar-refractivity contribution in [1.29, 1.82) is 0 Å². The molecule has 0 radical (unpaired) electrons. The first kappa shape index (κ1) is 17.4. The van der Waals surface area contributed by atoms with Gasteiger partial charge in [-0.2, -0.15) is 0 Å². The van der Waals surface area contributed by atoms with Gasteiger partial charge in [-0.05, 0) is 55.3 Å². The lowest BCUT2D eigenvalue weighted by Crippen LogP contribution is -2.43. The van der Waals surface area contributed by atoms with Gasteiger partial charge in [0.25, 0.3) is 0 Å². The third-order valence-electron chi connectivity index (χ3n) is 3.05. The van der Waals surface area contributed by atoms with Crippen LogP contribution in [0.15, 0.2) is 48.5 Å². The van der Waals surface area contributed by atoms with Crippen LogP contribution in [0.3, 0.4) is 0 Å². The Morgan fingerprint density at radius 2 is 1.87 bits per heavy atom.